The van der Waals surface area contributed by atoms with Crippen molar-refractivity contribution in [3.05, 3.63) is 253 Å². The Morgan fingerprint density at radius 1 is 0.409 bits per heavy atom. The molecule has 4 fully saturated rings. The van der Waals surface area contributed by atoms with Gasteiger partial charge in [0.25, 0.3) is 0 Å². The van der Waals surface area contributed by atoms with Gasteiger partial charge in [0, 0.05) is 139 Å². The number of aliphatic hydroxyl groups is 1. The number of pyridine rings is 2. The van der Waals surface area contributed by atoms with Crippen molar-refractivity contribution in [1.29, 1.82) is 0 Å². The van der Waals surface area contributed by atoms with Gasteiger partial charge in [-0.3, -0.25) is 14.8 Å². The second-order valence-corrected chi connectivity index (χ2v) is 47.3. The van der Waals surface area contributed by atoms with E-state index in [2.05, 4.69) is 189 Å². The number of hydrogen-bond acceptors (Lipinski definition) is 25. The number of ether oxygens (including phenoxy) is 9. The fourth-order valence-corrected chi connectivity index (χ4v) is 25.6. The third-order valence-corrected chi connectivity index (χ3v) is 31.4. The van der Waals surface area contributed by atoms with Gasteiger partial charge in [0.05, 0.1) is 53.4 Å². The summed E-state index contributed by atoms with van der Waals surface area (Å²) in [4.78, 5) is 81.2. The summed E-state index contributed by atoms with van der Waals surface area (Å²) in [5, 5.41) is 27.8. The predicted molar refractivity (Wildman–Crippen MR) is 591 cm³/mol. The van der Waals surface area contributed by atoms with Crippen molar-refractivity contribution < 1.29 is 130 Å². The Bertz CT molecular complexity index is 6050. The number of alkyl halides is 5. The zero-order valence-electron chi connectivity index (χ0n) is 86.6. The molecule has 8 aliphatic rings. The number of carbonyl (C=O) groups excluding carboxylic acids is 5. The SMILES string of the molecule is C.CC(C)(C)OC(=O)OC(=O)OC(C)(C)C.CO.COc1cccc2c1Sc1cc(-c3cccnc3)ccc1C2C1CCN(C(=O)OC(C)(C)C)CC1.COc1cccc2c1Sc1cc(Br)ccc1C2C1CCN(C(=O)C(F)(F)F)CC1.COc1cccc2c1Sc1cc(Br)ccc1C2C1CCN(C(=O)OC(C)(C)C)CC1.COc1cccc2c1Sc1cc(Br)ccc1C2C1CCNCC1.ClCCl.OB(O)c1cccnc1.[Na+].[OH-]. The molecule has 0 spiro atoms. The van der Waals surface area contributed by atoms with Crippen LogP contribution in [0.2, 0.25) is 0 Å². The van der Waals surface area contributed by atoms with Crippen LogP contribution in [-0.4, -0.2) is 205 Å². The minimum Gasteiger partial charge on any atom is -0.870 e. The summed E-state index contributed by atoms with van der Waals surface area (Å²) >= 11 is 27.4. The molecule has 8 aromatic carbocycles. The van der Waals surface area contributed by atoms with Crippen molar-refractivity contribution in [2.45, 2.75) is 233 Å². The molecule has 0 bridgehead atoms. The number of nitrogens with one attached hydrogen (secondary N) is 1. The Kier molecular flexibility index (Phi) is 49.2. The standard InChI is InChI=1S/C29H32N2O3S.C24H28BrNO3S.C21H19BrF3NO2S.C19H20BrNOS.C10H18O5.C5H6BNO2.CH2Cl2.CH4O.CH4.Na.H2O/c1-29(2,3)34-28(32)31-15-12-19(13-16-31)26-22-11-10-20(21-7-6-14-30-18-21)17-25(22)35-27-23(26)8-5-9-24(27)33-4;1-24(2,3)29-23(27)26-12-10-15(11-13-26)21-17-9-8-16(25)14-20(17)30-22-18(21)6-5-7-19(22)28-4;1-28-16-4-2-3-15-18(14-6-5-13(22)11-17(14)29-19(15)16)12-7-9-26(10-8-12)20(27)21(23,24)25;1-22-16-4-2-3-15-18(12-7-9-21-10-8-12)14-6-5-13(20)11-17(14)23-19(15)16;1-9(2,3)14-7(11)13-8(12)15-10(4,5)6;8-6(9)5-2-1-3-7-4-5;2-1-3;1-2;;;/h5-11,14,17-19,26H,12-13,15-16H2,1-4H3;5-9,14-15,21H,10-13H2,1-4H3;2-6,11-12,18H,7-10H2,1H3;2-6,11-12,18,21H,7-10H2,1H3;1-6H3;1-4,8-9H;1H2;2H,1H3;1H4;;1H2/q;;;;;;;;;+1;/p-1. The summed E-state index contributed by atoms with van der Waals surface area (Å²) in [7, 11) is 6.49. The molecule has 38 heteroatoms. The van der Waals surface area contributed by atoms with Crippen LogP contribution in [0.25, 0.3) is 11.1 Å². The van der Waals surface area contributed by atoms with Gasteiger partial charge in [-0.15, -0.1) is 23.2 Å². The van der Waals surface area contributed by atoms with Gasteiger partial charge in [-0.25, -0.2) is 19.2 Å². The molecule has 149 heavy (non-hydrogen) atoms. The van der Waals surface area contributed by atoms with Gasteiger partial charge in [0.2, 0.25) is 0 Å². The largest absolute Gasteiger partial charge is 1.00 e. The average Bonchev–Trinajstić information content (AvgIpc) is 0.756. The van der Waals surface area contributed by atoms with Gasteiger partial charge in [-0.05, 0) is 300 Å². The maximum atomic E-state index is 12.8. The monoisotopic (exact) mass is 2360 g/mol. The van der Waals surface area contributed by atoms with Gasteiger partial charge in [0.15, 0.2) is 0 Å². The van der Waals surface area contributed by atoms with Crippen LogP contribution in [0.15, 0.2) is 247 Å². The summed E-state index contributed by atoms with van der Waals surface area (Å²) in [5.74, 6) is 4.77. The van der Waals surface area contributed by atoms with Gasteiger partial charge in [-0.2, -0.15) is 13.2 Å². The molecule has 2 aromatic heterocycles. The van der Waals surface area contributed by atoms with Gasteiger partial charge < -0.3 is 83.3 Å². The summed E-state index contributed by atoms with van der Waals surface area (Å²) in [6.45, 7) is 26.9. The van der Waals surface area contributed by atoms with Crippen molar-refractivity contribution in [3.8, 4) is 34.1 Å². The van der Waals surface area contributed by atoms with Gasteiger partial charge in [-0.1, -0.05) is 193 Å². The number of rotatable bonds is 10. The van der Waals surface area contributed by atoms with E-state index in [1.165, 1.54) is 92.9 Å². The van der Waals surface area contributed by atoms with E-state index >= 15 is 0 Å². The number of fused-ring (bicyclic) bond motifs is 8. The maximum Gasteiger partial charge on any atom is 1.00 e. The van der Waals surface area contributed by atoms with E-state index in [1.807, 2.05) is 106 Å². The van der Waals surface area contributed by atoms with E-state index < -0.39 is 53.9 Å². The third-order valence-electron chi connectivity index (χ3n) is 25.0. The summed E-state index contributed by atoms with van der Waals surface area (Å²) in [6, 6.07) is 58.8. The average molecular weight is 2370 g/mol. The van der Waals surface area contributed by atoms with Crippen molar-refractivity contribution in [2.75, 3.05) is 93.2 Å². The molecular formula is C111H134BBr3Cl2F3N6NaO18S4. The molecule has 10 heterocycles. The number of hydrogen-bond donors (Lipinski definition) is 4. The molecule has 18 rings (SSSR count). The number of halogens is 8. The first-order chi connectivity index (χ1) is 69.4. The smallest absolute Gasteiger partial charge is 0.870 e. The molecular weight excluding hydrogens is 2230 g/mol. The molecule has 0 aliphatic carbocycles. The number of methoxy groups -OCH3 is 4. The summed E-state index contributed by atoms with van der Waals surface area (Å²) in [5.41, 5.74) is 11.0. The van der Waals surface area contributed by atoms with E-state index in [4.69, 9.17) is 76.3 Å². The van der Waals surface area contributed by atoms with E-state index in [0.717, 1.165) is 121 Å². The summed E-state index contributed by atoms with van der Waals surface area (Å²) in [6.07, 6.45) is 6.69. The van der Waals surface area contributed by atoms with Crippen molar-refractivity contribution in [3.63, 3.8) is 0 Å². The molecule has 5 N–H and O–H groups in total. The van der Waals surface area contributed by atoms with E-state index in [0.29, 0.717) is 61.0 Å². The van der Waals surface area contributed by atoms with Gasteiger partial charge in [0.1, 0.15) is 45.4 Å². The van der Waals surface area contributed by atoms with Crippen LogP contribution in [0, 0.1) is 23.7 Å². The second kappa shape index (κ2) is 58.0. The number of aliphatic hydroxyl groups excluding tert-OH is 1. The Balaban J connectivity index is 0.000000222. The topological polar surface area (TPSA) is 307 Å². The number of amides is 3. The molecule has 0 saturated carbocycles. The zero-order valence-corrected chi connectivity index (χ0v) is 98.1. The van der Waals surface area contributed by atoms with Crippen LogP contribution in [0.5, 0.6) is 23.0 Å². The molecule has 4 saturated heterocycles. The van der Waals surface area contributed by atoms with Crippen LogP contribution in [0.3, 0.4) is 0 Å². The number of piperidine rings is 4. The first-order valence-electron chi connectivity index (χ1n) is 48.2. The predicted octanol–water partition coefficient (Wildman–Crippen LogP) is 24.7. The molecule has 8 aliphatic heterocycles. The molecule has 24 nitrogen and oxygen atoms in total. The zero-order chi connectivity index (χ0) is 106. The molecule has 4 atom stereocenters. The number of likely N-dealkylation sites (tertiary alicyclic amines) is 3. The quantitative estimate of drug-likeness (QED) is 0.0325. The van der Waals surface area contributed by atoms with Crippen molar-refractivity contribution >= 4 is 161 Å². The van der Waals surface area contributed by atoms with Crippen LogP contribution < -0.4 is 59.3 Å². The Hall–Kier alpha value is -7.92. The number of aromatic nitrogens is 2. The Labute approximate surface area is 949 Å². The van der Waals surface area contributed by atoms with Crippen LogP contribution in [-0.2, 0) is 28.5 Å². The minimum absolute atomic E-state index is 0. The normalized spacial score (nSPS) is 17.0. The maximum absolute atomic E-state index is 12.8. The number of benzene rings is 8. The number of nitrogens with zero attached hydrogens (tertiary/aromatic N) is 5. The van der Waals surface area contributed by atoms with Crippen LogP contribution in [0.4, 0.5) is 32.3 Å². The third kappa shape index (κ3) is 35.0. The fourth-order valence-electron chi connectivity index (χ4n) is 18.9. The molecule has 3 amide bonds. The molecule has 10 aromatic rings. The van der Waals surface area contributed by atoms with Gasteiger partial charge >= 0.3 is 73.3 Å². The first kappa shape index (κ1) is 126. The second-order valence-electron chi connectivity index (χ2n) is 39.5. The first-order valence-corrected chi connectivity index (χ1v) is 54.9. The van der Waals surface area contributed by atoms with Crippen molar-refractivity contribution in [1.82, 2.24) is 30.0 Å². The minimum atomic E-state index is -4.81. The summed E-state index contributed by atoms with van der Waals surface area (Å²) < 4.78 is 89.2. The van der Waals surface area contributed by atoms with E-state index in [9.17, 15) is 37.1 Å². The molecule has 0 radical (unpaired) electrons. The van der Waals surface area contributed by atoms with Crippen LogP contribution in [0.1, 0.15) is 210 Å². The molecule has 4 unspecified atom stereocenters. The number of carbonyl (C=O) groups is 5. The van der Waals surface area contributed by atoms with E-state index in [-0.39, 0.29) is 90.8 Å². The fraction of sp³-hybridized carbons (Fsp3) is 0.432. The molecule has 800 valence electrons. The van der Waals surface area contributed by atoms with Crippen LogP contribution >= 0.6 is 118 Å². The van der Waals surface area contributed by atoms with E-state index in [1.54, 1.807) is 130 Å². The Morgan fingerprint density at radius 3 is 0.980 bits per heavy atom. The van der Waals surface area contributed by atoms with Crippen molar-refractivity contribution in [2.24, 2.45) is 23.7 Å². The Morgan fingerprint density at radius 2 is 0.705 bits per heavy atom.